The number of benzene rings is 3. The zero-order chi connectivity index (χ0) is 26.6. The lowest BCUT2D eigenvalue weighted by Gasteiger charge is -2.28. The van der Waals surface area contributed by atoms with E-state index < -0.39 is 10.8 Å². The van der Waals surface area contributed by atoms with E-state index >= 15 is 0 Å². The molecule has 1 saturated heterocycles. The van der Waals surface area contributed by atoms with Crippen LogP contribution in [0.5, 0.6) is 0 Å². The minimum atomic E-state index is -0.556. The Balaban J connectivity index is 1.27. The topological polar surface area (TPSA) is 123 Å². The number of nitro benzene ring substituents is 1. The van der Waals surface area contributed by atoms with Crippen molar-refractivity contribution in [3.05, 3.63) is 81.9 Å². The van der Waals surface area contributed by atoms with Crippen LogP contribution in [0.1, 0.15) is 22.8 Å². The number of carbonyl (C=O) groups is 1. The number of hydrogen-bond acceptors (Lipinski definition) is 8. The van der Waals surface area contributed by atoms with Crippen molar-refractivity contribution in [1.29, 1.82) is 0 Å². The molecule has 0 aliphatic carbocycles. The lowest BCUT2D eigenvalue weighted by Crippen LogP contribution is -2.37. The minimum absolute atomic E-state index is 0.0492. The van der Waals surface area contributed by atoms with Crippen LogP contribution in [0.15, 0.2) is 65.1 Å². The Kier molecular flexibility index (Phi) is 7.29. The van der Waals surface area contributed by atoms with Crippen LogP contribution in [0.4, 0.5) is 17.1 Å². The third-order valence-electron chi connectivity index (χ3n) is 6.27. The van der Waals surface area contributed by atoms with E-state index in [9.17, 15) is 14.9 Å². The average Bonchev–Trinajstić information content (AvgIpc) is 3.36. The van der Waals surface area contributed by atoms with Crippen LogP contribution in [0.3, 0.4) is 0 Å². The van der Waals surface area contributed by atoms with Gasteiger partial charge in [-0.3, -0.25) is 20.2 Å². The van der Waals surface area contributed by atoms with Gasteiger partial charge in [0.15, 0.2) is 10.7 Å². The van der Waals surface area contributed by atoms with Crippen molar-refractivity contribution in [2.24, 2.45) is 0 Å². The fourth-order valence-electron chi connectivity index (χ4n) is 4.23. The highest BCUT2D eigenvalue weighted by molar-refractivity contribution is 7.80. The van der Waals surface area contributed by atoms with Crippen LogP contribution in [0, 0.1) is 10.1 Å². The molecule has 2 heterocycles. The summed E-state index contributed by atoms with van der Waals surface area (Å²) in [7, 11) is 0. The zero-order valence-corrected chi connectivity index (χ0v) is 21.4. The molecular weight excluding hydrogens is 506 g/mol. The number of carbonyl (C=O) groups excluding carboxylic acids is 1. The summed E-state index contributed by atoms with van der Waals surface area (Å²) >= 11 is 5.31. The maximum absolute atomic E-state index is 12.8. The fraction of sp³-hybridized carbons (Fsp3) is 0.222. The third-order valence-corrected chi connectivity index (χ3v) is 6.47. The van der Waals surface area contributed by atoms with E-state index in [4.69, 9.17) is 21.4 Å². The highest BCUT2D eigenvalue weighted by atomic mass is 32.1. The molecule has 1 aromatic heterocycles. The Labute approximate surface area is 223 Å². The average molecular weight is 532 g/mol. The second kappa shape index (κ2) is 11.0. The van der Waals surface area contributed by atoms with Gasteiger partial charge in [-0.1, -0.05) is 19.1 Å². The predicted molar refractivity (Wildman–Crippen MR) is 149 cm³/mol. The molecule has 0 radical (unpaired) electrons. The summed E-state index contributed by atoms with van der Waals surface area (Å²) in [5, 5.41) is 17.3. The van der Waals surface area contributed by atoms with Crippen molar-refractivity contribution in [3.63, 3.8) is 0 Å². The summed E-state index contributed by atoms with van der Waals surface area (Å²) in [4.78, 5) is 30.5. The molecule has 0 spiro atoms. The number of nitro groups is 1. The van der Waals surface area contributed by atoms with Gasteiger partial charge in [0.25, 0.3) is 11.6 Å². The standard InChI is InChI=1S/C27H25N5O5S/c1-2-17-3-5-18(6-4-17)26-29-21-16-20(8-10-24(21)37-26)28-27(38)30-25(33)19-7-9-22(23(15-19)32(34)35)31-11-13-36-14-12-31/h3-10,15-16H,2,11-14H2,1H3,(H2,28,30,33,38). The SMILES string of the molecule is CCc1ccc(-c2nc3cc(NC(=S)NC(=O)c4ccc(N5CCOCC5)c([N+](=O)[O-])c4)ccc3o2)cc1. The molecule has 2 N–H and O–H groups in total. The monoisotopic (exact) mass is 531 g/mol. The molecule has 1 aliphatic rings. The van der Waals surface area contributed by atoms with Crippen molar-refractivity contribution >= 4 is 51.4 Å². The number of anilines is 2. The van der Waals surface area contributed by atoms with Gasteiger partial charge in [0.1, 0.15) is 11.2 Å². The first-order valence-corrected chi connectivity index (χ1v) is 12.6. The molecule has 5 rings (SSSR count). The molecule has 38 heavy (non-hydrogen) atoms. The third kappa shape index (κ3) is 5.48. The fourth-order valence-corrected chi connectivity index (χ4v) is 4.44. The molecule has 1 amide bonds. The summed E-state index contributed by atoms with van der Waals surface area (Å²) in [5.41, 5.74) is 4.41. The maximum atomic E-state index is 12.8. The van der Waals surface area contributed by atoms with Gasteiger partial charge in [-0.15, -0.1) is 0 Å². The number of hydrogen-bond donors (Lipinski definition) is 2. The first-order valence-electron chi connectivity index (χ1n) is 12.1. The lowest BCUT2D eigenvalue weighted by molar-refractivity contribution is -0.384. The maximum Gasteiger partial charge on any atom is 0.293 e. The van der Waals surface area contributed by atoms with E-state index in [1.807, 2.05) is 29.2 Å². The number of nitrogens with one attached hydrogen (secondary N) is 2. The highest BCUT2D eigenvalue weighted by Crippen LogP contribution is 2.30. The molecule has 0 unspecified atom stereocenters. The summed E-state index contributed by atoms with van der Waals surface area (Å²) in [6.45, 7) is 4.17. The summed E-state index contributed by atoms with van der Waals surface area (Å²) in [6.07, 6.45) is 0.954. The first-order chi connectivity index (χ1) is 18.4. The number of nitrogens with zero attached hydrogens (tertiary/aromatic N) is 3. The number of oxazole rings is 1. The smallest absolute Gasteiger partial charge is 0.293 e. The van der Waals surface area contributed by atoms with E-state index in [2.05, 4.69) is 22.5 Å². The molecule has 0 saturated carbocycles. The van der Waals surface area contributed by atoms with Crippen LogP contribution in [0.2, 0.25) is 0 Å². The predicted octanol–water partition coefficient (Wildman–Crippen LogP) is 4.93. The molecule has 0 atom stereocenters. The second-order valence-corrected chi connectivity index (χ2v) is 9.13. The van der Waals surface area contributed by atoms with Crippen molar-refractivity contribution in [3.8, 4) is 11.5 Å². The number of fused-ring (bicyclic) bond motifs is 1. The molecule has 4 aromatic rings. The Morgan fingerprint density at radius 1 is 1.11 bits per heavy atom. The molecule has 1 fully saturated rings. The van der Waals surface area contributed by atoms with Crippen LogP contribution in [-0.2, 0) is 11.2 Å². The van der Waals surface area contributed by atoms with Gasteiger partial charge >= 0.3 is 0 Å². The Morgan fingerprint density at radius 2 is 1.87 bits per heavy atom. The van der Waals surface area contributed by atoms with E-state index in [0.717, 1.165) is 12.0 Å². The van der Waals surface area contributed by atoms with Crippen molar-refractivity contribution in [2.45, 2.75) is 13.3 Å². The van der Waals surface area contributed by atoms with E-state index in [-0.39, 0.29) is 16.4 Å². The Morgan fingerprint density at radius 3 is 2.58 bits per heavy atom. The van der Waals surface area contributed by atoms with Crippen LogP contribution in [-0.4, -0.2) is 47.2 Å². The van der Waals surface area contributed by atoms with Crippen LogP contribution < -0.4 is 15.5 Å². The van der Waals surface area contributed by atoms with Gasteiger partial charge in [0.2, 0.25) is 5.89 Å². The van der Waals surface area contributed by atoms with Crippen LogP contribution in [0.25, 0.3) is 22.6 Å². The van der Waals surface area contributed by atoms with E-state index in [1.165, 1.54) is 11.6 Å². The number of aromatic nitrogens is 1. The quantitative estimate of drug-likeness (QED) is 0.203. The minimum Gasteiger partial charge on any atom is -0.436 e. The van der Waals surface area contributed by atoms with Gasteiger partial charge < -0.3 is 19.4 Å². The van der Waals surface area contributed by atoms with Gasteiger partial charge in [-0.25, -0.2) is 4.98 Å². The van der Waals surface area contributed by atoms with Crippen molar-refractivity contribution < 1.29 is 18.9 Å². The van der Waals surface area contributed by atoms with Gasteiger partial charge in [-0.05, 0) is 66.7 Å². The molecule has 10 nitrogen and oxygen atoms in total. The molecule has 0 bridgehead atoms. The van der Waals surface area contributed by atoms with Gasteiger partial charge in [0, 0.05) is 36.0 Å². The number of amides is 1. The molecule has 3 aromatic carbocycles. The number of morpholine rings is 1. The summed E-state index contributed by atoms with van der Waals surface area (Å²) < 4.78 is 11.2. The molecular formula is C27H25N5O5S. The zero-order valence-electron chi connectivity index (χ0n) is 20.6. The molecule has 194 valence electrons. The number of aryl methyl sites for hydroxylation is 1. The van der Waals surface area contributed by atoms with Crippen LogP contribution >= 0.6 is 12.2 Å². The van der Waals surface area contributed by atoms with Crippen molar-refractivity contribution in [1.82, 2.24) is 10.3 Å². The van der Waals surface area contributed by atoms with Crippen molar-refractivity contribution in [2.75, 3.05) is 36.5 Å². The summed E-state index contributed by atoms with van der Waals surface area (Å²) in [6, 6.07) is 17.7. The molecule has 11 heteroatoms. The van der Waals surface area contributed by atoms with Gasteiger partial charge in [-0.2, -0.15) is 0 Å². The number of rotatable bonds is 6. The Hall–Kier alpha value is -4.35. The molecule has 1 aliphatic heterocycles. The largest absolute Gasteiger partial charge is 0.436 e. The Bertz CT molecular complexity index is 1510. The highest BCUT2D eigenvalue weighted by Gasteiger charge is 2.23. The summed E-state index contributed by atoms with van der Waals surface area (Å²) in [5.74, 6) is -0.0442. The van der Waals surface area contributed by atoms with E-state index in [0.29, 0.717) is 54.7 Å². The number of thiocarbonyl (C=S) groups is 1. The first kappa shape index (κ1) is 25.3. The van der Waals surface area contributed by atoms with E-state index in [1.54, 1.807) is 30.3 Å². The second-order valence-electron chi connectivity index (χ2n) is 8.72. The van der Waals surface area contributed by atoms with Gasteiger partial charge in [0.05, 0.1) is 18.1 Å². The normalized spacial score (nSPS) is 13.3. The number of ether oxygens (including phenoxy) is 1. The lowest BCUT2D eigenvalue weighted by atomic mass is 10.1.